The summed E-state index contributed by atoms with van der Waals surface area (Å²) in [6, 6.07) is 5.05. The van der Waals surface area contributed by atoms with Crippen LogP contribution in [0.1, 0.15) is 11.1 Å². The number of nitrogens with zero attached hydrogens (tertiary/aromatic N) is 2. The van der Waals surface area contributed by atoms with Gasteiger partial charge in [0.25, 0.3) is 0 Å². The number of ether oxygens (including phenoxy) is 1. The fourth-order valence-electron chi connectivity index (χ4n) is 3.71. The van der Waals surface area contributed by atoms with Gasteiger partial charge in [-0.15, -0.1) is 0 Å². The van der Waals surface area contributed by atoms with Gasteiger partial charge in [-0.1, -0.05) is 12.1 Å². The Morgan fingerprint density at radius 1 is 1.19 bits per heavy atom. The number of halogens is 3. The summed E-state index contributed by atoms with van der Waals surface area (Å²) in [7, 11) is 0. The van der Waals surface area contributed by atoms with Gasteiger partial charge in [0.15, 0.2) is 0 Å². The van der Waals surface area contributed by atoms with Gasteiger partial charge in [0, 0.05) is 37.8 Å². The standard InChI is InChI=1S/C19H25F3N2O2S/c1-27-7-6-23-9-15-10-24(11-17(23)13-26-12-15)18(25)8-14-2-4-16(5-3-14)19(20,21)22/h2-5,15,17H,6-13H2,1H3/t15-,17+/m1/s1. The van der Waals surface area contributed by atoms with Crippen LogP contribution in [0.3, 0.4) is 0 Å². The van der Waals surface area contributed by atoms with E-state index in [4.69, 9.17) is 4.74 Å². The average Bonchev–Trinajstić information content (AvgIpc) is 2.89. The minimum Gasteiger partial charge on any atom is -0.379 e. The van der Waals surface area contributed by atoms with Gasteiger partial charge in [-0.2, -0.15) is 24.9 Å². The number of benzene rings is 1. The fraction of sp³-hybridized carbons (Fsp3) is 0.632. The Hall–Kier alpha value is -1.25. The minimum atomic E-state index is -4.36. The van der Waals surface area contributed by atoms with Crippen LogP contribution in [-0.4, -0.2) is 73.2 Å². The summed E-state index contributed by atoms with van der Waals surface area (Å²) in [5, 5.41) is 0. The lowest BCUT2D eigenvalue weighted by molar-refractivity contribution is -0.137. The molecular formula is C19H25F3N2O2S. The van der Waals surface area contributed by atoms with E-state index in [0.29, 0.717) is 31.9 Å². The molecule has 2 aliphatic heterocycles. The molecule has 2 fully saturated rings. The van der Waals surface area contributed by atoms with Crippen LogP contribution in [-0.2, 0) is 22.1 Å². The summed E-state index contributed by atoms with van der Waals surface area (Å²) in [4.78, 5) is 17.1. The molecule has 0 aliphatic carbocycles. The third-order valence-corrected chi connectivity index (χ3v) is 5.75. The molecule has 1 aromatic rings. The molecule has 2 heterocycles. The molecule has 8 heteroatoms. The maximum atomic E-state index is 12.8. The van der Waals surface area contributed by atoms with Crippen LogP contribution in [0.5, 0.6) is 0 Å². The van der Waals surface area contributed by atoms with Gasteiger partial charge in [-0.05, 0) is 24.0 Å². The molecule has 0 N–H and O–H groups in total. The highest BCUT2D eigenvalue weighted by Crippen LogP contribution is 2.29. The van der Waals surface area contributed by atoms with Crippen molar-refractivity contribution < 1.29 is 22.7 Å². The summed E-state index contributed by atoms with van der Waals surface area (Å²) in [6.45, 7) is 4.43. The van der Waals surface area contributed by atoms with Crippen molar-refractivity contribution in [3.05, 3.63) is 35.4 Å². The zero-order valence-electron chi connectivity index (χ0n) is 15.4. The zero-order chi connectivity index (χ0) is 19.4. The topological polar surface area (TPSA) is 32.8 Å². The van der Waals surface area contributed by atoms with Gasteiger partial charge >= 0.3 is 6.18 Å². The molecule has 1 amide bonds. The van der Waals surface area contributed by atoms with Crippen LogP contribution in [0, 0.1) is 5.92 Å². The van der Waals surface area contributed by atoms with Crippen molar-refractivity contribution >= 4 is 17.7 Å². The van der Waals surface area contributed by atoms with Crippen LogP contribution in [0.4, 0.5) is 13.2 Å². The van der Waals surface area contributed by atoms with Crippen LogP contribution < -0.4 is 0 Å². The van der Waals surface area contributed by atoms with Crippen molar-refractivity contribution in [3.8, 4) is 0 Å². The summed E-state index contributed by atoms with van der Waals surface area (Å²) >= 11 is 1.80. The fourth-order valence-corrected chi connectivity index (χ4v) is 4.13. The van der Waals surface area contributed by atoms with Crippen molar-refractivity contribution in [1.29, 1.82) is 0 Å². The lowest BCUT2D eigenvalue weighted by Crippen LogP contribution is -2.46. The third-order valence-electron chi connectivity index (χ3n) is 5.15. The van der Waals surface area contributed by atoms with E-state index in [1.165, 1.54) is 12.1 Å². The van der Waals surface area contributed by atoms with Gasteiger partial charge in [-0.25, -0.2) is 0 Å². The van der Waals surface area contributed by atoms with E-state index in [9.17, 15) is 18.0 Å². The number of amides is 1. The first-order chi connectivity index (χ1) is 12.9. The Bertz CT molecular complexity index is 639. The predicted molar refractivity (Wildman–Crippen MR) is 99.8 cm³/mol. The Morgan fingerprint density at radius 2 is 1.93 bits per heavy atom. The van der Waals surface area contributed by atoms with Crippen LogP contribution in [0.25, 0.3) is 0 Å². The molecule has 2 bridgehead atoms. The number of hydrogen-bond acceptors (Lipinski definition) is 4. The highest BCUT2D eigenvalue weighted by Gasteiger charge is 2.35. The number of fused-ring (bicyclic) bond motifs is 3. The van der Waals surface area contributed by atoms with E-state index in [1.54, 1.807) is 11.8 Å². The van der Waals surface area contributed by atoms with Crippen LogP contribution >= 0.6 is 11.8 Å². The molecule has 2 aliphatic rings. The van der Waals surface area contributed by atoms with E-state index in [-0.39, 0.29) is 24.3 Å². The lowest BCUT2D eigenvalue weighted by atomic mass is 10.1. The SMILES string of the molecule is CSCCN1C[C@H]2COC[C@@H]1CN(C(=O)Cc1ccc(C(F)(F)F)cc1)C2. The Morgan fingerprint density at radius 3 is 2.59 bits per heavy atom. The molecule has 27 heavy (non-hydrogen) atoms. The minimum absolute atomic E-state index is 0.0293. The first-order valence-corrected chi connectivity index (χ1v) is 10.5. The van der Waals surface area contributed by atoms with E-state index in [2.05, 4.69) is 11.2 Å². The molecule has 2 atom stereocenters. The molecule has 2 saturated heterocycles. The molecule has 0 unspecified atom stereocenters. The largest absolute Gasteiger partial charge is 0.416 e. The van der Waals surface area contributed by atoms with Gasteiger partial charge in [0.2, 0.25) is 5.91 Å². The second kappa shape index (κ2) is 8.84. The molecule has 0 radical (unpaired) electrons. The van der Waals surface area contributed by atoms with E-state index in [0.717, 1.165) is 31.0 Å². The average molecular weight is 402 g/mol. The quantitative estimate of drug-likeness (QED) is 0.758. The van der Waals surface area contributed by atoms with Crippen molar-refractivity contribution in [2.75, 3.05) is 51.4 Å². The lowest BCUT2D eigenvalue weighted by Gasteiger charge is -2.31. The molecule has 0 saturated carbocycles. The molecule has 0 aromatic heterocycles. The van der Waals surface area contributed by atoms with Crippen molar-refractivity contribution in [2.45, 2.75) is 18.6 Å². The zero-order valence-corrected chi connectivity index (χ0v) is 16.2. The third kappa shape index (κ3) is 5.39. The molecule has 150 valence electrons. The van der Waals surface area contributed by atoms with Gasteiger partial charge < -0.3 is 9.64 Å². The predicted octanol–water partition coefficient (Wildman–Crippen LogP) is 2.77. The Labute approximate surface area is 162 Å². The number of rotatable bonds is 5. The number of thioether (sulfide) groups is 1. The molecule has 1 aromatic carbocycles. The van der Waals surface area contributed by atoms with E-state index >= 15 is 0 Å². The summed E-state index contributed by atoms with van der Waals surface area (Å²) in [5.41, 5.74) is -0.0810. The maximum absolute atomic E-state index is 12.8. The first-order valence-electron chi connectivity index (χ1n) is 9.11. The molecule has 4 nitrogen and oxygen atoms in total. The first kappa shape index (κ1) is 20.5. The van der Waals surface area contributed by atoms with Gasteiger partial charge in [-0.3, -0.25) is 9.69 Å². The summed E-state index contributed by atoms with van der Waals surface area (Å²) in [5.74, 6) is 1.29. The number of alkyl halides is 3. The number of carbonyl (C=O) groups is 1. The van der Waals surface area contributed by atoms with Gasteiger partial charge in [0.1, 0.15) is 0 Å². The summed E-state index contributed by atoms with van der Waals surface area (Å²) in [6.07, 6.45) is -2.14. The Balaban J connectivity index is 1.64. The second-order valence-electron chi connectivity index (χ2n) is 7.22. The van der Waals surface area contributed by atoms with Crippen LogP contribution in [0.15, 0.2) is 24.3 Å². The number of hydrogen-bond donors (Lipinski definition) is 0. The van der Waals surface area contributed by atoms with E-state index in [1.807, 2.05) is 4.90 Å². The highest BCUT2D eigenvalue weighted by atomic mass is 32.2. The van der Waals surface area contributed by atoms with Crippen LogP contribution in [0.2, 0.25) is 0 Å². The van der Waals surface area contributed by atoms with Crippen molar-refractivity contribution in [2.24, 2.45) is 5.92 Å². The van der Waals surface area contributed by atoms with Crippen molar-refractivity contribution in [3.63, 3.8) is 0 Å². The van der Waals surface area contributed by atoms with Crippen molar-refractivity contribution in [1.82, 2.24) is 9.80 Å². The van der Waals surface area contributed by atoms with E-state index < -0.39 is 11.7 Å². The highest BCUT2D eigenvalue weighted by molar-refractivity contribution is 7.98. The molecule has 0 spiro atoms. The monoisotopic (exact) mass is 402 g/mol. The van der Waals surface area contributed by atoms with Gasteiger partial charge in [0.05, 0.1) is 31.2 Å². The summed E-state index contributed by atoms with van der Waals surface area (Å²) < 4.78 is 43.8. The molecular weight excluding hydrogens is 377 g/mol. The maximum Gasteiger partial charge on any atom is 0.416 e. The molecule has 3 rings (SSSR count). The normalized spacial score (nSPS) is 23.9. The smallest absolute Gasteiger partial charge is 0.379 e. The second-order valence-corrected chi connectivity index (χ2v) is 8.20. The number of carbonyl (C=O) groups excluding carboxylic acids is 1. The Kier molecular flexibility index (Phi) is 6.70.